The number of nitrogens with zero attached hydrogens (tertiary/aromatic N) is 2. The smallest absolute Gasteiger partial charge is 0.487 e. The van der Waals surface area contributed by atoms with Crippen molar-refractivity contribution in [1.82, 2.24) is 9.80 Å². The Hall–Kier alpha value is -2.98. The number of carbonyl (C=O) groups excluding carboxylic acids is 2. The average Bonchev–Trinajstić information content (AvgIpc) is 3.19. The quantitative estimate of drug-likeness (QED) is 0.438. The van der Waals surface area contributed by atoms with Crippen LogP contribution >= 0.6 is 0 Å². The van der Waals surface area contributed by atoms with Gasteiger partial charge in [-0.1, -0.05) is 42.5 Å². The van der Waals surface area contributed by atoms with Gasteiger partial charge in [-0.2, -0.15) is 0 Å². The third-order valence-corrected chi connectivity index (χ3v) is 9.00. The van der Waals surface area contributed by atoms with Gasteiger partial charge in [0.1, 0.15) is 5.75 Å². The summed E-state index contributed by atoms with van der Waals surface area (Å²) < 4.78 is 11.5. The van der Waals surface area contributed by atoms with Crippen molar-refractivity contribution in [3.05, 3.63) is 76.8 Å². The lowest BCUT2D eigenvalue weighted by molar-refractivity contribution is -0.144. The molecule has 204 valence electrons. The number of amides is 2. The van der Waals surface area contributed by atoms with Gasteiger partial charge in [-0.15, -0.1) is 0 Å². The van der Waals surface area contributed by atoms with Crippen molar-refractivity contribution in [1.29, 1.82) is 0 Å². The molecule has 0 radical (unpaired) electrons. The maximum absolute atomic E-state index is 14.0. The first-order valence-electron chi connectivity index (χ1n) is 13.9. The van der Waals surface area contributed by atoms with Gasteiger partial charge in [0.05, 0.1) is 24.5 Å². The zero-order chi connectivity index (χ0) is 27.1. The van der Waals surface area contributed by atoms with Crippen molar-refractivity contribution in [2.24, 2.45) is 17.8 Å². The monoisotopic (exact) mass is 530 g/mol. The van der Waals surface area contributed by atoms with E-state index in [2.05, 4.69) is 17.0 Å². The average molecular weight is 530 g/mol. The Balaban J connectivity index is 1.22. The lowest BCUT2D eigenvalue weighted by Gasteiger charge is -2.42. The molecule has 9 heteroatoms. The number of hydrogen-bond acceptors (Lipinski definition) is 7. The Morgan fingerprint density at radius 1 is 1.00 bits per heavy atom. The summed E-state index contributed by atoms with van der Waals surface area (Å²) in [6.45, 7) is 2.83. The maximum Gasteiger partial charge on any atom is 0.487 e. The highest BCUT2D eigenvalue weighted by Crippen LogP contribution is 2.52. The van der Waals surface area contributed by atoms with Crippen molar-refractivity contribution in [2.45, 2.75) is 44.4 Å². The van der Waals surface area contributed by atoms with E-state index in [-0.39, 0.29) is 29.5 Å². The number of phenols is 1. The van der Waals surface area contributed by atoms with E-state index in [4.69, 9.17) is 9.39 Å². The summed E-state index contributed by atoms with van der Waals surface area (Å²) in [5, 5.41) is 20.8. The molecular formula is C30H35BN2O6. The zero-order valence-electron chi connectivity index (χ0n) is 22.2. The van der Waals surface area contributed by atoms with Gasteiger partial charge in [0.15, 0.2) is 0 Å². The molecule has 4 aliphatic rings. The van der Waals surface area contributed by atoms with Crippen LogP contribution in [0.25, 0.3) is 0 Å². The van der Waals surface area contributed by atoms with E-state index in [1.165, 1.54) is 5.56 Å². The number of rotatable bonds is 6. The molecule has 1 aliphatic carbocycles. The summed E-state index contributed by atoms with van der Waals surface area (Å²) in [5.41, 5.74) is 3.65. The highest BCUT2D eigenvalue weighted by molar-refractivity contribution is 6.53. The zero-order valence-corrected chi connectivity index (χ0v) is 22.2. The fourth-order valence-electron chi connectivity index (χ4n) is 7.18. The molecule has 3 saturated heterocycles. The molecule has 0 aromatic heterocycles. The van der Waals surface area contributed by atoms with Crippen LogP contribution in [0.4, 0.5) is 0 Å². The number of fused-ring (bicyclic) bond motifs is 3. The first-order chi connectivity index (χ1) is 18.9. The van der Waals surface area contributed by atoms with E-state index in [0.29, 0.717) is 24.9 Å². The Morgan fingerprint density at radius 3 is 2.41 bits per heavy atom. The fraction of sp³-hybridized carbons (Fsp3) is 0.467. The molecule has 39 heavy (non-hydrogen) atoms. The SMILES string of the molecule is COCC1=C2B(O)O[C@H](c3ccc(O)cc3)C[C@H]2[C@H]2C(=O)N(C3CCN(Cc4ccccc4)CC3)C(=O)[C@H]2C1. The lowest BCUT2D eigenvalue weighted by atomic mass is 9.55. The van der Waals surface area contributed by atoms with Crippen molar-refractivity contribution >= 4 is 18.9 Å². The van der Waals surface area contributed by atoms with Crippen LogP contribution in [0.1, 0.15) is 42.9 Å². The van der Waals surface area contributed by atoms with Crippen LogP contribution in [-0.2, 0) is 25.5 Å². The molecule has 2 aromatic rings. The Kier molecular flexibility index (Phi) is 7.33. The van der Waals surface area contributed by atoms with Crippen LogP contribution in [0.5, 0.6) is 5.75 Å². The molecule has 0 bridgehead atoms. The third-order valence-electron chi connectivity index (χ3n) is 9.00. The van der Waals surface area contributed by atoms with Gasteiger partial charge in [0.25, 0.3) is 0 Å². The minimum atomic E-state index is -1.17. The molecule has 2 amide bonds. The van der Waals surface area contributed by atoms with E-state index in [0.717, 1.165) is 43.6 Å². The van der Waals surface area contributed by atoms with Crippen LogP contribution < -0.4 is 0 Å². The van der Waals surface area contributed by atoms with E-state index >= 15 is 0 Å². The van der Waals surface area contributed by atoms with E-state index in [9.17, 15) is 19.7 Å². The fourth-order valence-corrected chi connectivity index (χ4v) is 7.18. The molecule has 0 saturated carbocycles. The second-order valence-electron chi connectivity index (χ2n) is 11.3. The summed E-state index contributed by atoms with van der Waals surface area (Å²) >= 11 is 0. The molecule has 3 aliphatic heterocycles. The van der Waals surface area contributed by atoms with Gasteiger partial charge >= 0.3 is 7.12 Å². The first kappa shape index (κ1) is 26.3. The van der Waals surface area contributed by atoms with Crippen molar-refractivity contribution in [2.75, 3.05) is 26.8 Å². The summed E-state index contributed by atoms with van der Waals surface area (Å²) in [6, 6.07) is 17.0. The van der Waals surface area contributed by atoms with Gasteiger partial charge < -0.3 is 19.5 Å². The van der Waals surface area contributed by atoms with Gasteiger partial charge in [-0.05, 0) is 65.9 Å². The number of hydrogen-bond donors (Lipinski definition) is 2. The number of aromatic hydroxyl groups is 1. The molecule has 4 atom stereocenters. The summed E-state index contributed by atoms with van der Waals surface area (Å²) in [6.07, 6.45) is 1.97. The molecule has 0 unspecified atom stereocenters. The number of benzene rings is 2. The second kappa shape index (κ2) is 10.9. The first-order valence-corrected chi connectivity index (χ1v) is 13.9. The number of methoxy groups -OCH3 is 1. The Bertz CT molecular complexity index is 1240. The number of imide groups is 1. The largest absolute Gasteiger partial charge is 0.508 e. The summed E-state index contributed by atoms with van der Waals surface area (Å²) in [5.74, 6) is -1.29. The molecule has 2 aromatic carbocycles. The normalized spacial score (nSPS) is 28.2. The molecule has 6 rings (SSSR count). The van der Waals surface area contributed by atoms with Crippen molar-refractivity contribution < 1.29 is 29.1 Å². The number of carbonyl (C=O) groups is 2. The van der Waals surface area contributed by atoms with Gasteiger partial charge in [-0.3, -0.25) is 19.4 Å². The highest BCUT2D eigenvalue weighted by Gasteiger charge is 2.59. The van der Waals surface area contributed by atoms with E-state index < -0.39 is 25.1 Å². The number of ether oxygens (including phenoxy) is 1. The van der Waals surface area contributed by atoms with Crippen LogP contribution in [0.2, 0.25) is 0 Å². The predicted molar refractivity (Wildman–Crippen MR) is 145 cm³/mol. The summed E-state index contributed by atoms with van der Waals surface area (Å²) in [4.78, 5) is 31.8. The minimum absolute atomic E-state index is 0.0821. The van der Waals surface area contributed by atoms with E-state index in [1.807, 2.05) is 18.2 Å². The number of likely N-dealkylation sites (tertiary alicyclic amines) is 2. The van der Waals surface area contributed by atoms with Gasteiger partial charge in [-0.25, -0.2) is 0 Å². The van der Waals surface area contributed by atoms with Crippen LogP contribution in [0, 0.1) is 17.8 Å². The molecule has 0 spiro atoms. The van der Waals surface area contributed by atoms with Gasteiger partial charge in [0.2, 0.25) is 11.8 Å². The molecule has 8 nitrogen and oxygen atoms in total. The summed E-state index contributed by atoms with van der Waals surface area (Å²) in [7, 11) is 0.424. The van der Waals surface area contributed by atoms with Crippen LogP contribution in [0.15, 0.2) is 65.6 Å². The standard InChI is InChI=1S/C30H35BN2O6/c1-38-18-21-15-25-27(24-16-26(39-31(37)28(21)24)20-7-9-23(34)10-8-20)30(36)33(29(25)35)22-11-13-32(14-12-22)17-19-5-3-2-4-6-19/h2-10,22,24-27,34,37H,11-18H2,1H3/t24-,25-,26-,27+/m0/s1. The van der Waals surface area contributed by atoms with Gasteiger partial charge in [0, 0.05) is 32.8 Å². The van der Waals surface area contributed by atoms with Crippen molar-refractivity contribution in [3.63, 3.8) is 0 Å². The Labute approximate surface area is 229 Å². The molecule has 3 heterocycles. The lowest BCUT2D eigenvalue weighted by Crippen LogP contribution is -2.48. The van der Waals surface area contributed by atoms with E-state index in [1.54, 1.807) is 36.3 Å². The molecular weight excluding hydrogens is 495 g/mol. The number of phenolic OH excluding ortho intramolecular Hbond substituents is 1. The second-order valence-corrected chi connectivity index (χ2v) is 11.3. The Morgan fingerprint density at radius 2 is 1.72 bits per heavy atom. The number of allylic oxidation sites excluding steroid dienone is 1. The van der Waals surface area contributed by atoms with Crippen LogP contribution in [0.3, 0.4) is 0 Å². The topological polar surface area (TPSA) is 99.5 Å². The molecule has 2 N–H and O–H groups in total. The highest BCUT2D eigenvalue weighted by atomic mass is 16.5. The minimum Gasteiger partial charge on any atom is -0.508 e. The van der Waals surface area contributed by atoms with Crippen LogP contribution in [-0.4, -0.2) is 71.7 Å². The predicted octanol–water partition coefficient (Wildman–Crippen LogP) is 3.10. The van der Waals surface area contributed by atoms with Crippen molar-refractivity contribution in [3.8, 4) is 5.75 Å². The third kappa shape index (κ3) is 4.93. The maximum atomic E-state index is 14.0. The number of piperidine rings is 1. The molecule has 3 fully saturated rings.